The van der Waals surface area contributed by atoms with Crippen molar-refractivity contribution in [3.63, 3.8) is 0 Å². The lowest BCUT2D eigenvalue weighted by Crippen LogP contribution is -2.34. The van der Waals surface area contributed by atoms with Crippen LogP contribution in [0, 0.1) is 5.92 Å². The average molecular weight is 412 g/mol. The molecular weight excluding hydrogens is 389 g/mol. The first-order valence-electron chi connectivity index (χ1n) is 9.52. The first-order valence-corrected chi connectivity index (χ1v) is 9.52. The van der Waals surface area contributed by atoms with E-state index in [0.29, 0.717) is 30.6 Å². The van der Waals surface area contributed by atoms with Gasteiger partial charge in [-0.25, -0.2) is 4.68 Å². The normalized spacial score (nSPS) is 15.4. The number of hydrogen-bond acceptors (Lipinski definition) is 6. The molecule has 1 saturated heterocycles. The van der Waals surface area contributed by atoms with Crippen LogP contribution in [-0.4, -0.2) is 46.8 Å². The van der Waals surface area contributed by atoms with Crippen LogP contribution in [0.2, 0.25) is 0 Å². The molecule has 1 aromatic carbocycles. The van der Waals surface area contributed by atoms with E-state index in [1.165, 1.54) is 35.3 Å². The Morgan fingerprint density at radius 1 is 1.21 bits per heavy atom. The number of nitrogens with zero attached hydrogens (tertiary/aromatic N) is 4. The highest BCUT2D eigenvalue weighted by Gasteiger charge is 2.31. The summed E-state index contributed by atoms with van der Waals surface area (Å²) < 4.78 is 47.1. The van der Waals surface area contributed by atoms with Crippen molar-refractivity contribution in [1.29, 1.82) is 0 Å². The Kier molecular flexibility index (Phi) is 6.60. The van der Waals surface area contributed by atoms with Crippen molar-refractivity contribution in [2.45, 2.75) is 39.0 Å². The molecule has 0 N–H and O–H groups in total. The number of rotatable bonds is 7. The molecule has 0 amide bonds. The van der Waals surface area contributed by atoms with Crippen molar-refractivity contribution in [3.8, 4) is 11.4 Å². The topological polar surface area (TPSA) is 69.5 Å². The summed E-state index contributed by atoms with van der Waals surface area (Å²) in [6, 6.07) is 5.45. The highest BCUT2D eigenvalue weighted by Crippen LogP contribution is 2.26. The number of aromatic nitrogens is 3. The Morgan fingerprint density at radius 2 is 1.90 bits per heavy atom. The van der Waals surface area contributed by atoms with Crippen molar-refractivity contribution < 1.29 is 27.4 Å². The standard InChI is InChI=1S/C19H23F3N4O3/c1-2-28-17(27)8-3-14-9-11-25(12-10-14)18-23-13-26(24-18)15-4-6-16(7-5-15)29-19(20,21)22/h4-7,13-14H,2-3,8-12H2,1H3. The molecule has 7 nitrogen and oxygen atoms in total. The molecule has 10 heteroatoms. The van der Waals surface area contributed by atoms with Crippen molar-refractivity contribution >= 4 is 11.9 Å². The van der Waals surface area contributed by atoms with Crippen LogP contribution in [0.5, 0.6) is 5.75 Å². The van der Waals surface area contributed by atoms with E-state index in [9.17, 15) is 18.0 Å². The quantitative estimate of drug-likeness (QED) is 0.646. The van der Waals surface area contributed by atoms with E-state index in [-0.39, 0.29) is 11.7 Å². The summed E-state index contributed by atoms with van der Waals surface area (Å²) in [6.45, 7) is 3.78. The van der Waals surface area contributed by atoms with Crippen molar-refractivity contribution in [2.24, 2.45) is 5.92 Å². The highest BCUT2D eigenvalue weighted by molar-refractivity contribution is 5.69. The van der Waals surface area contributed by atoms with Gasteiger partial charge in [0.2, 0.25) is 5.95 Å². The molecule has 1 aromatic heterocycles. The van der Waals surface area contributed by atoms with Gasteiger partial charge in [0.05, 0.1) is 12.3 Å². The monoisotopic (exact) mass is 412 g/mol. The molecule has 0 bridgehead atoms. The zero-order valence-electron chi connectivity index (χ0n) is 16.1. The second kappa shape index (κ2) is 9.15. The maximum Gasteiger partial charge on any atom is 0.573 e. The SMILES string of the molecule is CCOC(=O)CCC1CCN(c2ncn(-c3ccc(OC(F)(F)F)cc3)n2)CC1. The molecule has 0 unspecified atom stereocenters. The Labute approximate surface area is 166 Å². The molecule has 1 aliphatic heterocycles. The summed E-state index contributed by atoms with van der Waals surface area (Å²) in [7, 11) is 0. The number of anilines is 1. The average Bonchev–Trinajstić information content (AvgIpc) is 3.16. The molecule has 158 valence electrons. The van der Waals surface area contributed by atoms with Crippen LogP contribution < -0.4 is 9.64 Å². The van der Waals surface area contributed by atoms with Gasteiger partial charge in [0, 0.05) is 19.5 Å². The van der Waals surface area contributed by atoms with Gasteiger partial charge in [-0.3, -0.25) is 4.79 Å². The third-order valence-electron chi connectivity index (χ3n) is 4.77. The molecule has 29 heavy (non-hydrogen) atoms. The molecule has 0 atom stereocenters. The number of halogens is 3. The van der Waals surface area contributed by atoms with Crippen LogP contribution in [0.25, 0.3) is 5.69 Å². The molecule has 1 aliphatic rings. The molecule has 2 aromatic rings. The molecule has 0 saturated carbocycles. The van der Waals surface area contributed by atoms with E-state index in [1.54, 1.807) is 6.92 Å². The zero-order chi connectivity index (χ0) is 20.9. The number of carbonyl (C=O) groups is 1. The van der Waals surface area contributed by atoms with Gasteiger partial charge in [-0.2, -0.15) is 4.98 Å². The minimum absolute atomic E-state index is 0.151. The highest BCUT2D eigenvalue weighted by atomic mass is 19.4. The van der Waals surface area contributed by atoms with Crippen molar-refractivity contribution in [1.82, 2.24) is 14.8 Å². The Bertz CT molecular complexity index is 800. The fraction of sp³-hybridized carbons (Fsp3) is 0.526. The fourth-order valence-electron chi connectivity index (χ4n) is 3.30. The number of alkyl halides is 3. The largest absolute Gasteiger partial charge is 0.573 e. The number of esters is 1. The number of hydrogen-bond donors (Lipinski definition) is 0. The molecule has 0 spiro atoms. The third kappa shape index (κ3) is 6.10. The maximum absolute atomic E-state index is 12.2. The molecule has 1 fully saturated rings. The minimum Gasteiger partial charge on any atom is -0.466 e. The second-order valence-electron chi connectivity index (χ2n) is 6.80. The lowest BCUT2D eigenvalue weighted by atomic mass is 9.92. The summed E-state index contributed by atoms with van der Waals surface area (Å²) in [5, 5.41) is 4.43. The van der Waals surface area contributed by atoms with E-state index in [1.807, 2.05) is 0 Å². The maximum atomic E-state index is 12.2. The van der Waals surface area contributed by atoms with Gasteiger partial charge in [0.15, 0.2) is 0 Å². The van der Waals surface area contributed by atoms with Gasteiger partial charge in [-0.1, -0.05) is 0 Å². The van der Waals surface area contributed by atoms with Crippen LogP contribution in [-0.2, 0) is 9.53 Å². The smallest absolute Gasteiger partial charge is 0.466 e. The van der Waals surface area contributed by atoms with Gasteiger partial charge in [0.1, 0.15) is 12.1 Å². The predicted octanol–water partition coefficient (Wildman–Crippen LogP) is 3.73. The minimum atomic E-state index is -4.72. The van der Waals surface area contributed by atoms with E-state index >= 15 is 0 Å². The molecular formula is C19H23F3N4O3. The number of ether oxygens (including phenoxy) is 2. The van der Waals surface area contributed by atoms with Crippen LogP contribution in [0.4, 0.5) is 19.1 Å². The summed E-state index contributed by atoms with van der Waals surface area (Å²) in [5.41, 5.74) is 0.586. The van der Waals surface area contributed by atoms with E-state index in [2.05, 4.69) is 19.7 Å². The lowest BCUT2D eigenvalue weighted by Gasteiger charge is -2.31. The number of benzene rings is 1. The summed E-state index contributed by atoms with van der Waals surface area (Å²) >= 11 is 0. The van der Waals surface area contributed by atoms with Gasteiger partial charge in [-0.05, 0) is 56.4 Å². The van der Waals surface area contributed by atoms with Gasteiger partial charge >= 0.3 is 12.3 Å². The van der Waals surface area contributed by atoms with E-state index in [4.69, 9.17) is 4.74 Å². The Morgan fingerprint density at radius 3 is 2.52 bits per heavy atom. The molecule has 0 aliphatic carbocycles. The lowest BCUT2D eigenvalue weighted by molar-refractivity contribution is -0.274. The first-order chi connectivity index (χ1) is 13.8. The van der Waals surface area contributed by atoms with Crippen LogP contribution in [0.1, 0.15) is 32.6 Å². The van der Waals surface area contributed by atoms with Crippen LogP contribution in [0.3, 0.4) is 0 Å². The van der Waals surface area contributed by atoms with Gasteiger partial charge in [-0.15, -0.1) is 18.3 Å². The summed E-state index contributed by atoms with van der Waals surface area (Å²) in [4.78, 5) is 17.9. The Hall–Kier alpha value is -2.78. The predicted molar refractivity (Wildman–Crippen MR) is 98.8 cm³/mol. The summed E-state index contributed by atoms with van der Waals surface area (Å²) in [5.74, 6) is 0.608. The van der Waals surface area contributed by atoms with Crippen molar-refractivity contribution in [2.75, 3.05) is 24.6 Å². The molecule has 2 heterocycles. The van der Waals surface area contributed by atoms with E-state index in [0.717, 1.165) is 32.4 Å². The summed E-state index contributed by atoms with van der Waals surface area (Å²) in [6.07, 6.45) is -0.0403. The molecule has 0 radical (unpaired) electrons. The molecule has 3 rings (SSSR count). The first kappa shape index (κ1) is 20.9. The van der Waals surface area contributed by atoms with Gasteiger partial charge in [0.25, 0.3) is 0 Å². The van der Waals surface area contributed by atoms with Gasteiger partial charge < -0.3 is 14.4 Å². The Balaban J connectivity index is 1.52. The van der Waals surface area contributed by atoms with Crippen LogP contribution >= 0.6 is 0 Å². The van der Waals surface area contributed by atoms with Crippen LogP contribution in [0.15, 0.2) is 30.6 Å². The fourth-order valence-corrected chi connectivity index (χ4v) is 3.30. The third-order valence-corrected chi connectivity index (χ3v) is 4.77. The van der Waals surface area contributed by atoms with Crippen molar-refractivity contribution in [3.05, 3.63) is 30.6 Å². The van der Waals surface area contributed by atoms with E-state index < -0.39 is 6.36 Å². The zero-order valence-corrected chi connectivity index (χ0v) is 16.1. The second-order valence-corrected chi connectivity index (χ2v) is 6.80. The number of piperidine rings is 1. The number of carbonyl (C=O) groups excluding carboxylic acids is 1.